The summed E-state index contributed by atoms with van der Waals surface area (Å²) >= 11 is 0. The highest BCUT2D eigenvalue weighted by molar-refractivity contribution is 5.86. The van der Waals surface area contributed by atoms with Gasteiger partial charge in [-0.25, -0.2) is 0 Å². The molecule has 1 aromatic carbocycles. The van der Waals surface area contributed by atoms with Crippen LogP contribution in [0.2, 0.25) is 0 Å². The lowest BCUT2D eigenvalue weighted by molar-refractivity contribution is -0.159. The average Bonchev–Trinajstić information content (AvgIpc) is 3.04. The standard InChI is InChI=1S/C21H30N4O2/c1-23(15-19-14-22-24(2)16-19)17-21(27)11-7-13-25(20(21)26)12-6-10-18-8-4-3-5-9-18/h3-5,8-9,14,16,27H,6-7,10-13,15,17H2,1-2H3/t21-/m1/s1. The molecule has 0 unspecified atom stereocenters. The number of benzene rings is 1. The van der Waals surface area contributed by atoms with Crippen molar-refractivity contribution < 1.29 is 9.90 Å². The molecular weight excluding hydrogens is 340 g/mol. The van der Waals surface area contributed by atoms with E-state index in [9.17, 15) is 9.90 Å². The number of likely N-dealkylation sites (tertiary alicyclic amines) is 1. The van der Waals surface area contributed by atoms with Gasteiger partial charge in [0.1, 0.15) is 0 Å². The maximum absolute atomic E-state index is 12.9. The predicted octanol–water partition coefficient (Wildman–Crippen LogP) is 1.84. The molecule has 1 fully saturated rings. The van der Waals surface area contributed by atoms with E-state index in [1.165, 1.54) is 5.56 Å². The van der Waals surface area contributed by atoms with Crippen LogP contribution in [-0.2, 0) is 24.8 Å². The molecule has 0 saturated carbocycles. The van der Waals surface area contributed by atoms with Gasteiger partial charge >= 0.3 is 0 Å². The van der Waals surface area contributed by atoms with E-state index in [0.29, 0.717) is 26.1 Å². The number of piperidine rings is 1. The molecule has 1 aliphatic rings. The summed E-state index contributed by atoms with van der Waals surface area (Å²) in [5, 5.41) is 15.2. The number of hydrogen-bond acceptors (Lipinski definition) is 4. The minimum atomic E-state index is -1.29. The first-order valence-electron chi connectivity index (χ1n) is 9.68. The molecule has 0 bridgehead atoms. The summed E-state index contributed by atoms with van der Waals surface area (Å²) < 4.78 is 1.76. The van der Waals surface area contributed by atoms with Crippen LogP contribution in [-0.4, -0.2) is 62.9 Å². The van der Waals surface area contributed by atoms with Gasteiger partial charge in [0.05, 0.1) is 6.20 Å². The zero-order valence-electron chi connectivity index (χ0n) is 16.3. The Labute approximate surface area is 161 Å². The van der Waals surface area contributed by atoms with E-state index in [-0.39, 0.29) is 5.91 Å². The van der Waals surface area contributed by atoms with Crippen LogP contribution in [0.1, 0.15) is 30.4 Å². The largest absolute Gasteiger partial charge is 0.379 e. The number of amides is 1. The molecule has 0 spiro atoms. The minimum absolute atomic E-state index is 0.125. The molecule has 1 aromatic heterocycles. The maximum atomic E-state index is 12.9. The molecule has 1 atom stereocenters. The fraction of sp³-hybridized carbons (Fsp3) is 0.524. The van der Waals surface area contributed by atoms with Crippen molar-refractivity contribution in [3.8, 4) is 0 Å². The highest BCUT2D eigenvalue weighted by atomic mass is 16.3. The zero-order chi connectivity index (χ0) is 19.3. The first kappa shape index (κ1) is 19.6. The first-order valence-corrected chi connectivity index (χ1v) is 9.68. The second-order valence-corrected chi connectivity index (χ2v) is 7.71. The Morgan fingerprint density at radius 2 is 2.04 bits per heavy atom. The lowest BCUT2D eigenvalue weighted by Crippen LogP contribution is -2.58. The second kappa shape index (κ2) is 8.67. The number of hydrogen-bond donors (Lipinski definition) is 1. The van der Waals surface area contributed by atoms with Crippen LogP contribution >= 0.6 is 0 Å². The molecule has 1 saturated heterocycles. The minimum Gasteiger partial charge on any atom is -0.379 e. The summed E-state index contributed by atoms with van der Waals surface area (Å²) in [4.78, 5) is 16.8. The van der Waals surface area contributed by atoms with Gasteiger partial charge in [-0.1, -0.05) is 30.3 Å². The summed E-state index contributed by atoms with van der Waals surface area (Å²) in [6, 6.07) is 10.3. The van der Waals surface area contributed by atoms with Gasteiger partial charge in [-0.15, -0.1) is 0 Å². The van der Waals surface area contributed by atoms with Crippen LogP contribution in [0.25, 0.3) is 0 Å². The highest BCUT2D eigenvalue weighted by Crippen LogP contribution is 2.24. The maximum Gasteiger partial charge on any atom is 0.255 e. The van der Waals surface area contributed by atoms with Crippen molar-refractivity contribution in [3.63, 3.8) is 0 Å². The van der Waals surface area contributed by atoms with E-state index in [1.54, 1.807) is 4.68 Å². The molecule has 0 radical (unpaired) electrons. The Kier molecular flexibility index (Phi) is 6.29. The van der Waals surface area contributed by atoms with Crippen molar-refractivity contribution in [2.45, 2.75) is 37.8 Å². The van der Waals surface area contributed by atoms with Gasteiger partial charge in [0.25, 0.3) is 5.91 Å². The summed E-state index contributed by atoms with van der Waals surface area (Å²) in [5.41, 5.74) is 1.07. The lowest BCUT2D eigenvalue weighted by atomic mass is 9.91. The number of aryl methyl sites for hydroxylation is 2. The molecular formula is C21H30N4O2. The SMILES string of the molecule is CN(Cc1cnn(C)c1)C[C@]1(O)CCCN(CCCc2ccccc2)C1=O. The van der Waals surface area contributed by atoms with E-state index in [2.05, 4.69) is 17.2 Å². The Morgan fingerprint density at radius 3 is 2.74 bits per heavy atom. The number of aromatic nitrogens is 2. The normalized spacial score (nSPS) is 20.4. The van der Waals surface area contributed by atoms with Gasteiger partial charge < -0.3 is 10.0 Å². The molecule has 0 aliphatic carbocycles. The van der Waals surface area contributed by atoms with Gasteiger partial charge in [-0.05, 0) is 38.3 Å². The summed E-state index contributed by atoms with van der Waals surface area (Å²) in [5.74, 6) is -0.125. The number of likely N-dealkylation sites (N-methyl/N-ethyl adjacent to an activating group) is 1. The van der Waals surface area contributed by atoms with Gasteiger partial charge in [-0.2, -0.15) is 5.10 Å². The van der Waals surface area contributed by atoms with E-state index >= 15 is 0 Å². The molecule has 27 heavy (non-hydrogen) atoms. The number of rotatable bonds is 8. The van der Waals surface area contributed by atoms with Crippen LogP contribution in [0.3, 0.4) is 0 Å². The zero-order valence-corrected chi connectivity index (χ0v) is 16.3. The van der Waals surface area contributed by atoms with Crippen molar-refractivity contribution in [1.82, 2.24) is 19.6 Å². The third kappa shape index (κ3) is 5.17. The van der Waals surface area contributed by atoms with Crippen molar-refractivity contribution in [1.29, 1.82) is 0 Å². The Hall–Kier alpha value is -2.18. The third-order valence-corrected chi connectivity index (χ3v) is 5.18. The molecule has 6 nitrogen and oxygen atoms in total. The van der Waals surface area contributed by atoms with Crippen LogP contribution < -0.4 is 0 Å². The van der Waals surface area contributed by atoms with E-state index < -0.39 is 5.60 Å². The number of aliphatic hydroxyl groups is 1. The van der Waals surface area contributed by atoms with Crippen LogP contribution in [0.15, 0.2) is 42.7 Å². The molecule has 3 rings (SSSR count). The third-order valence-electron chi connectivity index (χ3n) is 5.18. The van der Waals surface area contributed by atoms with Crippen LogP contribution in [0.5, 0.6) is 0 Å². The Balaban J connectivity index is 1.52. The summed E-state index contributed by atoms with van der Waals surface area (Å²) in [6.07, 6.45) is 7.01. The van der Waals surface area contributed by atoms with Crippen molar-refractivity contribution in [2.24, 2.45) is 7.05 Å². The lowest BCUT2D eigenvalue weighted by Gasteiger charge is -2.40. The molecule has 146 valence electrons. The Morgan fingerprint density at radius 1 is 1.26 bits per heavy atom. The molecule has 1 aliphatic heterocycles. The van der Waals surface area contributed by atoms with Crippen molar-refractivity contribution >= 4 is 5.91 Å². The fourth-order valence-electron chi connectivity index (χ4n) is 3.91. The molecule has 2 heterocycles. The number of nitrogens with zero attached hydrogens (tertiary/aromatic N) is 4. The van der Waals surface area contributed by atoms with E-state index in [0.717, 1.165) is 31.4 Å². The number of carbonyl (C=O) groups is 1. The van der Waals surface area contributed by atoms with Crippen molar-refractivity contribution in [3.05, 3.63) is 53.9 Å². The first-order chi connectivity index (χ1) is 13.0. The van der Waals surface area contributed by atoms with Crippen LogP contribution in [0, 0.1) is 0 Å². The van der Waals surface area contributed by atoms with Crippen LogP contribution in [0.4, 0.5) is 0 Å². The molecule has 6 heteroatoms. The predicted molar refractivity (Wildman–Crippen MR) is 105 cm³/mol. The quantitative estimate of drug-likeness (QED) is 0.770. The summed E-state index contributed by atoms with van der Waals surface area (Å²) in [6.45, 7) is 2.44. The smallest absolute Gasteiger partial charge is 0.255 e. The average molecular weight is 370 g/mol. The molecule has 1 N–H and O–H groups in total. The molecule has 2 aromatic rings. The van der Waals surface area contributed by atoms with Gasteiger partial charge in [-0.3, -0.25) is 14.4 Å². The number of carbonyl (C=O) groups excluding carboxylic acids is 1. The second-order valence-electron chi connectivity index (χ2n) is 7.71. The van der Waals surface area contributed by atoms with Crippen molar-refractivity contribution in [2.75, 3.05) is 26.7 Å². The fourth-order valence-corrected chi connectivity index (χ4v) is 3.91. The van der Waals surface area contributed by atoms with Gasteiger partial charge in [0.15, 0.2) is 5.60 Å². The molecule has 1 amide bonds. The topological polar surface area (TPSA) is 61.6 Å². The van der Waals surface area contributed by atoms with E-state index in [4.69, 9.17) is 0 Å². The van der Waals surface area contributed by atoms with Gasteiger partial charge in [0.2, 0.25) is 0 Å². The van der Waals surface area contributed by atoms with E-state index in [1.807, 2.05) is 54.5 Å². The highest BCUT2D eigenvalue weighted by Gasteiger charge is 2.42. The monoisotopic (exact) mass is 370 g/mol. The Bertz CT molecular complexity index is 746. The van der Waals surface area contributed by atoms with Gasteiger partial charge in [0, 0.05) is 45.0 Å². The summed E-state index contributed by atoms with van der Waals surface area (Å²) in [7, 11) is 3.82.